The Hall–Kier alpha value is -0.860. The second-order valence-corrected chi connectivity index (χ2v) is 5.40. The molecule has 2 nitrogen and oxygen atoms in total. The predicted octanol–water partition coefficient (Wildman–Crippen LogP) is 3.38. The standard InChI is InChI=1S/C16H25NO/c1-13-9-10-16(17-11-5-2-6-12-18)15-8-4-3-7-14(13)15/h3-4,7-8,13,16-18H,2,5-6,9-12H2,1H3. The Labute approximate surface area is 110 Å². The van der Waals surface area contributed by atoms with E-state index in [9.17, 15) is 0 Å². The summed E-state index contributed by atoms with van der Waals surface area (Å²) in [6.45, 7) is 3.72. The zero-order valence-corrected chi connectivity index (χ0v) is 11.4. The van der Waals surface area contributed by atoms with E-state index in [2.05, 4.69) is 36.5 Å². The Morgan fingerprint density at radius 1 is 1.11 bits per heavy atom. The second-order valence-electron chi connectivity index (χ2n) is 5.40. The molecule has 2 atom stereocenters. The summed E-state index contributed by atoms with van der Waals surface area (Å²) in [7, 11) is 0. The van der Waals surface area contributed by atoms with Gasteiger partial charge in [-0.15, -0.1) is 0 Å². The van der Waals surface area contributed by atoms with Crippen LogP contribution in [0, 0.1) is 0 Å². The van der Waals surface area contributed by atoms with Crippen molar-refractivity contribution in [1.29, 1.82) is 0 Å². The molecule has 2 rings (SSSR count). The summed E-state index contributed by atoms with van der Waals surface area (Å²) in [5.41, 5.74) is 3.02. The Balaban J connectivity index is 1.89. The lowest BCUT2D eigenvalue weighted by molar-refractivity contribution is 0.282. The lowest BCUT2D eigenvalue weighted by atomic mass is 9.81. The highest BCUT2D eigenvalue weighted by Crippen LogP contribution is 2.36. The minimum Gasteiger partial charge on any atom is -0.396 e. The normalized spacial score (nSPS) is 22.8. The third kappa shape index (κ3) is 3.33. The summed E-state index contributed by atoms with van der Waals surface area (Å²) in [5.74, 6) is 0.702. The number of aliphatic hydroxyl groups is 1. The molecule has 1 aromatic carbocycles. The maximum atomic E-state index is 8.75. The molecule has 0 aromatic heterocycles. The molecule has 0 bridgehead atoms. The van der Waals surface area contributed by atoms with Crippen LogP contribution < -0.4 is 5.32 Å². The van der Waals surface area contributed by atoms with E-state index in [1.807, 2.05) is 0 Å². The van der Waals surface area contributed by atoms with Gasteiger partial charge in [-0.2, -0.15) is 0 Å². The van der Waals surface area contributed by atoms with Crippen molar-refractivity contribution in [2.75, 3.05) is 13.2 Å². The number of unbranched alkanes of at least 4 members (excludes halogenated alkanes) is 2. The molecule has 2 heteroatoms. The summed E-state index contributed by atoms with van der Waals surface area (Å²) in [4.78, 5) is 0. The van der Waals surface area contributed by atoms with E-state index in [1.54, 1.807) is 0 Å². The van der Waals surface area contributed by atoms with Crippen molar-refractivity contribution in [2.45, 2.75) is 51.0 Å². The van der Waals surface area contributed by atoms with E-state index in [0.717, 1.165) is 25.8 Å². The minimum atomic E-state index is 0.323. The number of fused-ring (bicyclic) bond motifs is 1. The molecule has 0 fully saturated rings. The molecule has 0 heterocycles. The van der Waals surface area contributed by atoms with E-state index in [0.29, 0.717) is 18.6 Å². The van der Waals surface area contributed by atoms with Crippen LogP contribution in [0.25, 0.3) is 0 Å². The van der Waals surface area contributed by atoms with Crippen LogP contribution in [0.2, 0.25) is 0 Å². The molecule has 1 aromatic rings. The van der Waals surface area contributed by atoms with E-state index >= 15 is 0 Å². The van der Waals surface area contributed by atoms with Crippen molar-refractivity contribution in [1.82, 2.24) is 5.32 Å². The van der Waals surface area contributed by atoms with Crippen LogP contribution in [0.3, 0.4) is 0 Å². The fraction of sp³-hybridized carbons (Fsp3) is 0.625. The van der Waals surface area contributed by atoms with Gasteiger partial charge in [0.15, 0.2) is 0 Å². The summed E-state index contributed by atoms with van der Waals surface area (Å²) < 4.78 is 0. The number of benzene rings is 1. The Bertz CT molecular complexity index is 364. The smallest absolute Gasteiger partial charge is 0.0431 e. The maximum absolute atomic E-state index is 8.75. The van der Waals surface area contributed by atoms with Crippen molar-refractivity contribution < 1.29 is 5.11 Å². The van der Waals surface area contributed by atoms with Gasteiger partial charge < -0.3 is 10.4 Å². The number of hydrogen-bond acceptors (Lipinski definition) is 2. The van der Waals surface area contributed by atoms with Gasteiger partial charge in [0.05, 0.1) is 0 Å². The van der Waals surface area contributed by atoms with Gasteiger partial charge in [-0.05, 0) is 55.7 Å². The molecule has 1 aliphatic carbocycles. The average molecular weight is 247 g/mol. The lowest BCUT2D eigenvalue weighted by Gasteiger charge is -2.30. The summed E-state index contributed by atoms with van der Waals surface area (Å²) in [6, 6.07) is 9.39. The zero-order valence-electron chi connectivity index (χ0n) is 11.4. The highest BCUT2D eigenvalue weighted by molar-refractivity contribution is 5.34. The minimum absolute atomic E-state index is 0.323. The molecular weight excluding hydrogens is 222 g/mol. The van der Waals surface area contributed by atoms with E-state index in [4.69, 9.17) is 5.11 Å². The number of nitrogens with one attached hydrogen (secondary N) is 1. The van der Waals surface area contributed by atoms with Crippen LogP contribution in [-0.2, 0) is 0 Å². The van der Waals surface area contributed by atoms with Gasteiger partial charge in [-0.25, -0.2) is 0 Å². The number of hydrogen-bond donors (Lipinski definition) is 2. The van der Waals surface area contributed by atoms with Gasteiger partial charge in [0.1, 0.15) is 0 Å². The van der Waals surface area contributed by atoms with Gasteiger partial charge in [0.2, 0.25) is 0 Å². The molecular formula is C16H25NO. The maximum Gasteiger partial charge on any atom is 0.0431 e. The Morgan fingerprint density at radius 3 is 2.67 bits per heavy atom. The van der Waals surface area contributed by atoms with Crippen LogP contribution in [0.15, 0.2) is 24.3 Å². The number of aliphatic hydroxyl groups excluding tert-OH is 1. The first kappa shape index (κ1) is 13.6. The van der Waals surface area contributed by atoms with Crippen LogP contribution in [0.1, 0.15) is 62.1 Å². The van der Waals surface area contributed by atoms with Crippen molar-refractivity contribution in [3.63, 3.8) is 0 Å². The van der Waals surface area contributed by atoms with Crippen LogP contribution in [0.5, 0.6) is 0 Å². The second kappa shape index (κ2) is 6.91. The summed E-state index contributed by atoms with van der Waals surface area (Å²) in [5, 5.41) is 12.4. The fourth-order valence-electron chi connectivity index (χ4n) is 2.91. The highest BCUT2D eigenvalue weighted by Gasteiger charge is 2.23. The van der Waals surface area contributed by atoms with E-state index < -0.39 is 0 Å². The van der Waals surface area contributed by atoms with Crippen molar-refractivity contribution >= 4 is 0 Å². The molecule has 0 aliphatic heterocycles. The van der Waals surface area contributed by atoms with Crippen molar-refractivity contribution in [2.24, 2.45) is 0 Å². The molecule has 2 unspecified atom stereocenters. The first-order chi connectivity index (χ1) is 8.83. The zero-order chi connectivity index (χ0) is 12.8. The average Bonchev–Trinajstić information content (AvgIpc) is 2.41. The topological polar surface area (TPSA) is 32.3 Å². The van der Waals surface area contributed by atoms with Gasteiger partial charge in [-0.3, -0.25) is 0 Å². The van der Waals surface area contributed by atoms with Gasteiger partial charge in [-0.1, -0.05) is 31.2 Å². The third-order valence-electron chi connectivity index (χ3n) is 4.02. The molecule has 0 saturated heterocycles. The molecule has 1 aliphatic rings. The van der Waals surface area contributed by atoms with Crippen molar-refractivity contribution in [3.8, 4) is 0 Å². The first-order valence-corrected chi connectivity index (χ1v) is 7.26. The van der Waals surface area contributed by atoms with Crippen LogP contribution in [0.4, 0.5) is 0 Å². The Kier molecular flexibility index (Phi) is 5.21. The van der Waals surface area contributed by atoms with Crippen molar-refractivity contribution in [3.05, 3.63) is 35.4 Å². The molecule has 18 heavy (non-hydrogen) atoms. The molecule has 0 spiro atoms. The summed E-state index contributed by atoms with van der Waals surface area (Å²) in [6.07, 6.45) is 5.74. The largest absolute Gasteiger partial charge is 0.396 e. The molecule has 2 N–H and O–H groups in total. The Morgan fingerprint density at radius 2 is 1.89 bits per heavy atom. The quantitative estimate of drug-likeness (QED) is 0.755. The fourth-order valence-corrected chi connectivity index (χ4v) is 2.91. The van der Waals surface area contributed by atoms with Crippen LogP contribution in [-0.4, -0.2) is 18.3 Å². The lowest BCUT2D eigenvalue weighted by Crippen LogP contribution is -2.27. The molecule has 0 radical (unpaired) electrons. The molecule has 0 saturated carbocycles. The van der Waals surface area contributed by atoms with Gasteiger partial charge in [0.25, 0.3) is 0 Å². The molecule has 100 valence electrons. The van der Waals surface area contributed by atoms with E-state index in [1.165, 1.54) is 24.0 Å². The van der Waals surface area contributed by atoms with Gasteiger partial charge in [0, 0.05) is 12.6 Å². The highest BCUT2D eigenvalue weighted by atomic mass is 16.2. The SMILES string of the molecule is CC1CCC(NCCCCCO)c2ccccc21. The predicted molar refractivity (Wildman–Crippen MR) is 75.8 cm³/mol. The van der Waals surface area contributed by atoms with Crippen LogP contribution >= 0.6 is 0 Å². The van der Waals surface area contributed by atoms with Gasteiger partial charge >= 0.3 is 0 Å². The molecule has 0 amide bonds. The number of rotatable bonds is 6. The first-order valence-electron chi connectivity index (χ1n) is 7.26. The van der Waals surface area contributed by atoms with E-state index in [-0.39, 0.29) is 0 Å². The third-order valence-corrected chi connectivity index (χ3v) is 4.02. The monoisotopic (exact) mass is 247 g/mol. The summed E-state index contributed by atoms with van der Waals surface area (Å²) >= 11 is 0.